The molecule has 5 heteroatoms. The highest BCUT2D eigenvalue weighted by Crippen LogP contribution is 2.18. The number of hydrazone groups is 1. The molecule has 0 bridgehead atoms. The highest BCUT2D eigenvalue weighted by Gasteiger charge is 2.09. The third-order valence-electron chi connectivity index (χ3n) is 3.84. The summed E-state index contributed by atoms with van der Waals surface area (Å²) >= 11 is 1.70. The van der Waals surface area contributed by atoms with E-state index in [1.165, 1.54) is 4.88 Å². The van der Waals surface area contributed by atoms with Crippen molar-refractivity contribution in [1.82, 2.24) is 9.99 Å². The van der Waals surface area contributed by atoms with Gasteiger partial charge in [-0.15, -0.1) is 11.3 Å². The van der Waals surface area contributed by atoms with E-state index in [2.05, 4.69) is 36.5 Å². The van der Waals surface area contributed by atoms with E-state index in [9.17, 15) is 4.79 Å². The molecule has 1 amide bonds. The lowest BCUT2D eigenvalue weighted by Crippen LogP contribution is -2.19. The van der Waals surface area contributed by atoms with Gasteiger partial charge in [0.05, 0.1) is 10.6 Å². The van der Waals surface area contributed by atoms with Crippen LogP contribution in [0.15, 0.2) is 66.0 Å². The van der Waals surface area contributed by atoms with Gasteiger partial charge >= 0.3 is 0 Å². The summed E-state index contributed by atoms with van der Waals surface area (Å²) in [6, 6.07) is 15.6. The van der Waals surface area contributed by atoms with Gasteiger partial charge in [-0.3, -0.25) is 4.79 Å². The molecule has 25 heavy (non-hydrogen) atoms. The molecule has 0 fully saturated rings. The van der Waals surface area contributed by atoms with Crippen molar-refractivity contribution in [2.24, 2.45) is 5.10 Å². The Kier molecular flexibility index (Phi) is 5.46. The van der Waals surface area contributed by atoms with Crippen LogP contribution in [0, 0.1) is 6.92 Å². The summed E-state index contributed by atoms with van der Waals surface area (Å²) in [5.74, 6) is -0.194. The van der Waals surface area contributed by atoms with E-state index in [0.29, 0.717) is 5.56 Å². The van der Waals surface area contributed by atoms with E-state index in [1.807, 2.05) is 53.4 Å². The molecular weight excluding hydrogens is 330 g/mol. The van der Waals surface area contributed by atoms with Crippen molar-refractivity contribution in [3.63, 3.8) is 0 Å². The quantitative estimate of drug-likeness (QED) is 0.504. The largest absolute Gasteiger partial charge is 0.324 e. The number of nitrogens with one attached hydrogen (secondary N) is 1. The summed E-state index contributed by atoms with van der Waals surface area (Å²) in [6.07, 6.45) is 5.77. The first kappa shape index (κ1) is 17.2. The summed E-state index contributed by atoms with van der Waals surface area (Å²) in [4.78, 5) is 14.7. The van der Waals surface area contributed by atoms with Gasteiger partial charge in [-0.2, -0.15) is 5.10 Å². The minimum atomic E-state index is -0.194. The van der Waals surface area contributed by atoms with Crippen molar-refractivity contribution in [3.8, 4) is 5.69 Å². The molecular formula is C20H21N3OS. The Morgan fingerprint density at radius 3 is 2.44 bits per heavy atom. The Morgan fingerprint density at radius 1 is 1.12 bits per heavy atom. The van der Waals surface area contributed by atoms with Crippen LogP contribution >= 0.6 is 11.3 Å². The fraction of sp³-hybridized carbons (Fsp3) is 0.200. The normalized spacial score (nSPS) is 11.5. The van der Waals surface area contributed by atoms with E-state index in [1.54, 1.807) is 11.3 Å². The Balaban J connectivity index is 1.72. The van der Waals surface area contributed by atoms with Gasteiger partial charge in [0.25, 0.3) is 5.91 Å². The molecule has 0 unspecified atom stereocenters. The van der Waals surface area contributed by atoms with Gasteiger partial charge in [-0.05, 0) is 61.9 Å². The summed E-state index contributed by atoms with van der Waals surface area (Å²) in [5, 5.41) is 4.37. The number of carbonyl (C=O) groups is 1. The monoisotopic (exact) mass is 351 g/mol. The predicted molar refractivity (Wildman–Crippen MR) is 104 cm³/mol. The van der Waals surface area contributed by atoms with Crippen LogP contribution in [0.1, 0.15) is 39.9 Å². The van der Waals surface area contributed by atoms with Gasteiger partial charge in [0.15, 0.2) is 0 Å². The van der Waals surface area contributed by atoms with Gasteiger partial charge in [0.2, 0.25) is 0 Å². The third kappa shape index (κ3) is 4.25. The fourth-order valence-corrected chi connectivity index (χ4v) is 3.42. The molecule has 3 rings (SSSR count). The second-order valence-corrected chi connectivity index (χ2v) is 7.08. The molecule has 0 saturated heterocycles. The highest BCUT2D eigenvalue weighted by molar-refractivity contribution is 7.14. The topological polar surface area (TPSA) is 46.4 Å². The van der Waals surface area contributed by atoms with Gasteiger partial charge in [-0.25, -0.2) is 5.43 Å². The molecule has 1 N–H and O–H groups in total. The van der Waals surface area contributed by atoms with Crippen LogP contribution in [0.3, 0.4) is 0 Å². The minimum absolute atomic E-state index is 0.194. The molecule has 0 aliphatic carbocycles. The van der Waals surface area contributed by atoms with Gasteiger partial charge in [-0.1, -0.05) is 13.3 Å². The van der Waals surface area contributed by atoms with Crippen molar-refractivity contribution in [1.29, 1.82) is 0 Å². The molecule has 3 aromatic rings. The van der Waals surface area contributed by atoms with E-state index in [0.717, 1.165) is 29.1 Å². The van der Waals surface area contributed by atoms with Gasteiger partial charge in [0, 0.05) is 28.5 Å². The molecule has 0 aliphatic rings. The van der Waals surface area contributed by atoms with Crippen molar-refractivity contribution in [2.75, 3.05) is 0 Å². The van der Waals surface area contributed by atoms with Crippen molar-refractivity contribution in [2.45, 2.75) is 26.7 Å². The molecule has 4 nitrogen and oxygen atoms in total. The average molecular weight is 351 g/mol. The standard InChI is InChI=1S/C20H21N3OS/c1-3-6-18(19-12-7-15(2)25-19)21-22-20(24)16-8-10-17(11-9-16)23-13-4-5-14-23/h4-5,7-14H,3,6H2,1-2H3,(H,22,24)/b21-18-. The van der Waals surface area contributed by atoms with Crippen LogP contribution in [0.4, 0.5) is 0 Å². The van der Waals surface area contributed by atoms with E-state index >= 15 is 0 Å². The number of benzene rings is 1. The Hall–Kier alpha value is -2.66. The fourth-order valence-electron chi connectivity index (χ4n) is 2.54. The van der Waals surface area contributed by atoms with Crippen molar-refractivity contribution >= 4 is 23.0 Å². The molecule has 128 valence electrons. The molecule has 0 aliphatic heterocycles. The van der Waals surface area contributed by atoms with E-state index in [4.69, 9.17) is 0 Å². The molecule has 0 radical (unpaired) electrons. The van der Waals surface area contributed by atoms with Gasteiger partial charge in [0.1, 0.15) is 0 Å². The number of hydrogen-bond acceptors (Lipinski definition) is 3. The van der Waals surface area contributed by atoms with E-state index < -0.39 is 0 Å². The van der Waals surface area contributed by atoms with E-state index in [-0.39, 0.29) is 5.91 Å². The molecule has 2 heterocycles. The summed E-state index contributed by atoms with van der Waals surface area (Å²) in [6.45, 7) is 4.18. The summed E-state index contributed by atoms with van der Waals surface area (Å²) < 4.78 is 2.00. The number of thiophene rings is 1. The molecule has 0 saturated carbocycles. The first-order chi connectivity index (χ1) is 12.2. The second-order valence-electron chi connectivity index (χ2n) is 5.80. The maximum Gasteiger partial charge on any atom is 0.271 e. The summed E-state index contributed by atoms with van der Waals surface area (Å²) in [7, 11) is 0. The number of amides is 1. The maximum absolute atomic E-state index is 12.4. The molecule has 0 atom stereocenters. The Labute approximate surface area is 151 Å². The van der Waals surface area contributed by atoms with Crippen LogP contribution < -0.4 is 5.43 Å². The average Bonchev–Trinajstić information content (AvgIpc) is 3.30. The smallest absolute Gasteiger partial charge is 0.271 e. The first-order valence-electron chi connectivity index (χ1n) is 8.34. The Bertz CT molecular complexity index is 861. The van der Waals surface area contributed by atoms with Crippen molar-refractivity contribution in [3.05, 3.63) is 76.2 Å². The number of hydrogen-bond donors (Lipinski definition) is 1. The highest BCUT2D eigenvalue weighted by atomic mass is 32.1. The number of carbonyl (C=O) groups excluding carboxylic acids is 1. The number of aromatic nitrogens is 1. The Morgan fingerprint density at radius 2 is 1.84 bits per heavy atom. The number of aryl methyl sites for hydroxylation is 1. The second kappa shape index (κ2) is 7.94. The lowest BCUT2D eigenvalue weighted by Gasteiger charge is -2.06. The zero-order valence-corrected chi connectivity index (χ0v) is 15.2. The molecule has 2 aromatic heterocycles. The maximum atomic E-state index is 12.4. The lowest BCUT2D eigenvalue weighted by atomic mass is 10.2. The first-order valence-corrected chi connectivity index (χ1v) is 9.16. The van der Waals surface area contributed by atoms with Crippen LogP contribution in [0.2, 0.25) is 0 Å². The number of rotatable bonds is 6. The van der Waals surface area contributed by atoms with Crippen LogP contribution in [0.25, 0.3) is 5.69 Å². The zero-order chi connectivity index (χ0) is 17.6. The number of nitrogens with zero attached hydrogens (tertiary/aromatic N) is 2. The zero-order valence-electron chi connectivity index (χ0n) is 14.4. The summed E-state index contributed by atoms with van der Waals surface area (Å²) in [5.41, 5.74) is 5.24. The van der Waals surface area contributed by atoms with Crippen LogP contribution in [-0.4, -0.2) is 16.2 Å². The van der Waals surface area contributed by atoms with Crippen LogP contribution in [0.5, 0.6) is 0 Å². The van der Waals surface area contributed by atoms with Crippen molar-refractivity contribution < 1.29 is 4.79 Å². The SMILES string of the molecule is CCC/C(=N/NC(=O)c1ccc(-n2cccc2)cc1)c1ccc(C)s1. The lowest BCUT2D eigenvalue weighted by molar-refractivity contribution is 0.0955. The minimum Gasteiger partial charge on any atom is -0.324 e. The predicted octanol–water partition coefficient (Wildman–Crippen LogP) is 4.78. The molecule has 1 aromatic carbocycles. The third-order valence-corrected chi connectivity index (χ3v) is 4.89. The molecule has 0 spiro atoms. The van der Waals surface area contributed by atoms with Gasteiger partial charge < -0.3 is 4.57 Å². The van der Waals surface area contributed by atoms with Crippen LogP contribution in [-0.2, 0) is 0 Å².